The van der Waals surface area contributed by atoms with Gasteiger partial charge < -0.3 is 21.0 Å². The van der Waals surface area contributed by atoms with Gasteiger partial charge in [0.15, 0.2) is 5.84 Å². The van der Waals surface area contributed by atoms with E-state index in [1.54, 1.807) is 7.11 Å². The molecule has 1 aromatic carbocycles. The van der Waals surface area contributed by atoms with Crippen molar-refractivity contribution in [2.45, 2.75) is 13.3 Å². The van der Waals surface area contributed by atoms with E-state index < -0.39 is 5.92 Å². The van der Waals surface area contributed by atoms with E-state index in [9.17, 15) is 4.79 Å². The van der Waals surface area contributed by atoms with Crippen LogP contribution in [-0.2, 0) is 16.0 Å². The lowest BCUT2D eigenvalue weighted by Gasteiger charge is -2.17. The van der Waals surface area contributed by atoms with Crippen LogP contribution in [0.2, 0.25) is 0 Å². The van der Waals surface area contributed by atoms with Gasteiger partial charge in [-0.05, 0) is 17.9 Å². The van der Waals surface area contributed by atoms with E-state index in [4.69, 9.17) is 15.7 Å². The van der Waals surface area contributed by atoms with Crippen LogP contribution in [-0.4, -0.2) is 37.2 Å². The molecule has 6 nitrogen and oxygen atoms in total. The molecule has 2 unspecified atom stereocenters. The Kier molecular flexibility index (Phi) is 7.25. The van der Waals surface area contributed by atoms with E-state index in [1.807, 2.05) is 37.3 Å². The number of hydrogen-bond donors (Lipinski definition) is 3. The topological polar surface area (TPSA) is 96.9 Å². The molecule has 2 atom stereocenters. The number of carbonyl (C=O) groups is 1. The van der Waals surface area contributed by atoms with E-state index in [-0.39, 0.29) is 17.7 Å². The highest BCUT2D eigenvalue weighted by atomic mass is 16.5. The Labute approximate surface area is 125 Å². The molecule has 0 aliphatic rings. The average Bonchev–Trinajstić information content (AvgIpc) is 2.51. The zero-order chi connectivity index (χ0) is 15.7. The minimum Gasteiger partial charge on any atom is -0.409 e. The van der Waals surface area contributed by atoms with Crippen molar-refractivity contribution in [1.82, 2.24) is 5.32 Å². The normalized spacial score (nSPS) is 14.5. The Morgan fingerprint density at radius 3 is 2.67 bits per heavy atom. The fourth-order valence-electron chi connectivity index (χ4n) is 1.99. The SMILES string of the molecule is COCC(C)CNC(=O)C(Cc1ccccc1)C(N)=NO. The van der Waals surface area contributed by atoms with Crippen molar-refractivity contribution in [3.63, 3.8) is 0 Å². The number of carbonyl (C=O) groups excluding carboxylic acids is 1. The number of amidine groups is 1. The number of oxime groups is 1. The monoisotopic (exact) mass is 293 g/mol. The molecule has 0 aliphatic carbocycles. The number of methoxy groups -OCH3 is 1. The molecule has 116 valence electrons. The largest absolute Gasteiger partial charge is 0.409 e. The molecule has 21 heavy (non-hydrogen) atoms. The Morgan fingerprint density at radius 2 is 2.10 bits per heavy atom. The summed E-state index contributed by atoms with van der Waals surface area (Å²) in [5.41, 5.74) is 6.60. The lowest BCUT2D eigenvalue weighted by atomic mass is 9.97. The average molecular weight is 293 g/mol. The molecular formula is C15H23N3O3. The van der Waals surface area contributed by atoms with Crippen LogP contribution in [0.1, 0.15) is 12.5 Å². The Morgan fingerprint density at radius 1 is 1.43 bits per heavy atom. The van der Waals surface area contributed by atoms with Crippen molar-refractivity contribution in [2.75, 3.05) is 20.3 Å². The van der Waals surface area contributed by atoms with Crippen LogP contribution in [0.15, 0.2) is 35.5 Å². The maximum Gasteiger partial charge on any atom is 0.231 e. The second-order valence-corrected chi connectivity index (χ2v) is 5.07. The highest BCUT2D eigenvalue weighted by Gasteiger charge is 2.23. The molecule has 1 rings (SSSR count). The first kappa shape index (κ1) is 17.0. The van der Waals surface area contributed by atoms with Gasteiger partial charge >= 0.3 is 0 Å². The molecule has 0 saturated heterocycles. The van der Waals surface area contributed by atoms with Gasteiger partial charge in [0.1, 0.15) is 5.92 Å². The number of nitrogens with zero attached hydrogens (tertiary/aromatic N) is 1. The summed E-state index contributed by atoms with van der Waals surface area (Å²) in [6, 6.07) is 9.47. The lowest BCUT2D eigenvalue weighted by molar-refractivity contribution is -0.123. The summed E-state index contributed by atoms with van der Waals surface area (Å²) in [5, 5.41) is 14.6. The van der Waals surface area contributed by atoms with Gasteiger partial charge in [0.25, 0.3) is 0 Å². The highest BCUT2D eigenvalue weighted by molar-refractivity contribution is 6.02. The summed E-state index contributed by atoms with van der Waals surface area (Å²) in [6.45, 7) is 3.02. The van der Waals surface area contributed by atoms with Crippen molar-refractivity contribution in [2.24, 2.45) is 22.7 Å². The molecule has 0 aromatic heterocycles. The molecule has 0 fully saturated rings. The third kappa shape index (κ3) is 5.83. The smallest absolute Gasteiger partial charge is 0.231 e. The van der Waals surface area contributed by atoms with Gasteiger partial charge in [-0.2, -0.15) is 0 Å². The Balaban J connectivity index is 2.67. The quantitative estimate of drug-likeness (QED) is 0.288. The summed E-state index contributed by atoms with van der Waals surface area (Å²) in [4.78, 5) is 12.2. The summed E-state index contributed by atoms with van der Waals surface area (Å²) in [5.74, 6) is -0.830. The van der Waals surface area contributed by atoms with Gasteiger partial charge in [0, 0.05) is 13.7 Å². The molecule has 1 aromatic rings. The van der Waals surface area contributed by atoms with E-state index in [0.717, 1.165) is 5.56 Å². The third-order valence-corrected chi connectivity index (χ3v) is 3.15. The molecule has 6 heteroatoms. The fourth-order valence-corrected chi connectivity index (χ4v) is 1.99. The van der Waals surface area contributed by atoms with E-state index >= 15 is 0 Å². The van der Waals surface area contributed by atoms with Gasteiger partial charge in [0.05, 0.1) is 6.61 Å². The number of rotatable bonds is 8. The highest BCUT2D eigenvalue weighted by Crippen LogP contribution is 2.10. The van der Waals surface area contributed by atoms with Crippen LogP contribution in [0.4, 0.5) is 0 Å². The second-order valence-electron chi connectivity index (χ2n) is 5.07. The molecule has 1 amide bonds. The lowest BCUT2D eigenvalue weighted by Crippen LogP contribution is -2.42. The van der Waals surface area contributed by atoms with Crippen LogP contribution in [0, 0.1) is 11.8 Å². The van der Waals surface area contributed by atoms with Gasteiger partial charge in [-0.15, -0.1) is 0 Å². The Bertz CT molecular complexity index is 462. The summed E-state index contributed by atoms with van der Waals surface area (Å²) < 4.78 is 5.02. The van der Waals surface area contributed by atoms with Crippen LogP contribution in [0.3, 0.4) is 0 Å². The zero-order valence-corrected chi connectivity index (χ0v) is 12.5. The summed E-state index contributed by atoms with van der Waals surface area (Å²) in [7, 11) is 1.62. The first-order valence-electron chi connectivity index (χ1n) is 6.86. The van der Waals surface area contributed by atoms with E-state index in [2.05, 4.69) is 10.5 Å². The molecule has 0 spiro atoms. The van der Waals surface area contributed by atoms with Gasteiger partial charge in [-0.1, -0.05) is 42.4 Å². The van der Waals surface area contributed by atoms with Crippen molar-refractivity contribution < 1.29 is 14.7 Å². The minimum atomic E-state index is -0.688. The molecular weight excluding hydrogens is 270 g/mol. The maximum absolute atomic E-state index is 12.2. The maximum atomic E-state index is 12.2. The Hall–Kier alpha value is -2.08. The van der Waals surface area contributed by atoms with Crippen LogP contribution in [0.5, 0.6) is 0 Å². The van der Waals surface area contributed by atoms with Gasteiger partial charge in [-0.3, -0.25) is 4.79 Å². The van der Waals surface area contributed by atoms with Crippen LogP contribution in [0.25, 0.3) is 0 Å². The first-order chi connectivity index (χ1) is 10.1. The number of hydrogen-bond acceptors (Lipinski definition) is 4. The molecule has 0 bridgehead atoms. The van der Waals surface area contributed by atoms with E-state index in [0.29, 0.717) is 19.6 Å². The fraction of sp³-hybridized carbons (Fsp3) is 0.467. The van der Waals surface area contributed by atoms with Crippen molar-refractivity contribution in [1.29, 1.82) is 0 Å². The van der Waals surface area contributed by atoms with E-state index in [1.165, 1.54) is 0 Å². The zero-order valence-electron chi connectivity index (χ0n) is 12.5. The number of nitrogens with one attached hydrogen (secondary N) is 1. The predicted octanol–water partition coefficient (Wildman–Crippen LogP) is 0.990. The predicted molar refractivity (Wildman–Crippen MR) is 81.1 cm³/mol. The van der Waals surface area contributed by atoms with Crippen molar-refractivity contribution in [3.05, 3.63) is 35.9 Å². The van der Waals surface area contributed by atoms with Gasteiger partial charge in [0.2, 0.25) is 5.91 Å². The minimum absolute atomic E-state index is 0.0873. The number of benzene rings is 1. The summed E-state index contributed by atoms with van der Waals surface area (Å²) >= 11 is 0. The number of nitrogens with two attached hydrogens (primary N) is 1. The molecule has 0 heterocycles. The molecule has 0 aliphatic heterocycles. The third-order valence-electron chi connectivity index (χ3n) is 3.15. The number of ether oxygens (including phenoxy) is 1. The molecule has 4 N–H and O–H groups in total. The van der Waals surface area contributed by atoms with Crippen LogP contribution < -0.4 is 11.1 Å². The van der Waals surface area contributed by atoms with Gasteiger partial charge in [-0.25, -0.2) is 0 Å². The first-order valence-corrected chi connectivity index (χ1v) is 6.86. The second kappa shape index (κ2) is 8.97. The van der Waals surface area contributed by atoms with Crippen molar-refractivity contribution >= 4 is 11.7 Å². The number of amides is 1. The standard InChI is InChI=1S/C15H23N3O3/c1-11(10-21-2)9-17-15(19)13(14(16)18-20)8-12-6-4-3-5-7-12/h3-7,11,13,20H,8-10H2,1-2H3,(H2,16,18)(H,17,19). The van der Waals surface area contributed by atoms with Crippen LogP contribution >= 0.6 is 0 Å². The molecule has 0 saturated carbocycles. The van der Waals surface area contributed by atoms with Crippen molar-refractivity contribution in [3.8, 4) is 0 Å². The molecule has 0 radical (unpaired) electrons. The summed E-state index contributed by atoms with van der Waals surface area (Å²) in [6.07, 6.45) is 0.390.